The van der Waals surface area contributed by atoms with Crippen molar-refractivity contribution in [3.05, 3.63) is 60.3 Å². The molecule has 3 rings (SSSR count). The van der Waals surface area contributed by atoms with Gasteiger partial charge in [-0.15, -0.1) is 0 Å². The number of benzene rings is 2. The van der Waals surface area contributed by atoms with E-state index in [0.717, 1.165) is 27.9 Å². The molecule has 0 radical (unpaired) electrons. The van der Waals surface area contributed by atoms with E-state index in [2.05, 4.69) is 20.8 Å². The third-order valence-corrected chi connectivity index (χ3v) is 3.63. The normalized spacial score (nSPS) is 10.9. The van der Waals surface area contributed by atoms with Crippen molar-refractivity contribution < 1.29 is 9.53 Å². The minimum Gasteiger partial charge on any atom is -0.494 e. The number of hydrazone groups is 1. The van der Waals surface area contributed by atoms with Crippen LogP contribution in [-0.2, 0) is 4.79 Å². The second-order valence-corrected chi connectivity index (χ2v) is 5.39. The smallest absolute Gasteiger partial charge is 0.259 e. The summed E-state index contributed by atoms with van der Waals surface area (Å²) in [5.74, 6) is 0.589. The molecule has 25 heavy (non-hydrogen) atoms. The molecule has 1 heterocycles. The second kappa shape index (κ2) is 8.01. The summed E-state index contributed by atoms with van der Waals surface area (Å²) >= 11 is 0. The van der Waals surface area contributed by atoms with E-state index in [-0.39, 0.29) is 12.5 Å². The Morgan fingerprint density at radius 3 is 2.80 bits per heavy atom. The minimum absolute atomic E-state index is 0.138. The molecule has 0 fully saturated rings. The van der Waals surface area contributed by atoms with Gasteiger partial charge in [-0.2, -0.15) is 5.10 Å². The number of ether oxygens (including phenoxy) is 1. The lowest BCUT2D eigenvalue weighted by Gasteiger charge is -2.07. The molecule has 0 spiro atoms. The van der Waals surface area contributed by atoms with Gasteiger partial charge in [0, 0.05) is 28.4 Å². The first kappa shape index (κ1) is 16.6. The summed E-state index contributed by atoms with van der Waals surface area (Å²) < 4.78 is 5.38. The van der Waals surface area contributed by atoms with Crippen LogP contribution in [0.25, 0.3) is 10.9 Å². The number of aromatic amines is 1. The number of H-pyrrole nitrogens is 1. The highest BCUT2D eigenvalue weighted by molar-refractivity contribution is 5.99. The average Bonchev–Trinajstić information content (AvgIpc) is 3.05. The molecule has 0 saturated heterocycles. The molecule has 6 nitrogen and oxygen atoms in total. The van der Waals surface area contributed by atoms with Crippen LogP contribution in [0.1, 0.15) is 12.5 Å². The third kappa shape index (κ3) is 4.38. The number of nitrogens with zero attached hydrogens (tertiary/aromatic N) is 1. The van der Waals surface area contributed by atoms with Crippen molar-refractivity contribution in [2.45, 2.75) is 6.92 Å². The van der Waals surface area contributed by atoms with E-state index in [1.807, 2.05) is 61.7 Å². The number of rotatable bonds is 7. The van der Waals surface area contributed by atoms with Crippen molar-refractivity contribution in [2.75, 3.05) is 18.5 Å². The van der Waals surface area contributed by atoms with Gasteiger partial charge < -0.3 is 15.0 Å². The Morgan fingerprint density at radius 2 is 2.00 bits per heavy atom. The predicted molar refractivity (Wildman–Crippen MR) is 100 cm³/mol. The van der Waals surface area contributed by atoms with Crippen molar-refractivity contribution in [1.82, 2.24) is 10.4 Å². The van der Waals surface area contributed by atoms with E-state index in [0.29, 0.717) is 6.61 Å². The summed E-state index contributed by atoms with van der Waals surface area (Å²) in [6.07, 6.45) is 3.49. The Labute approximate surface area is 145 Å². The van der Waals surface area contributed by atoms with Gasteiger partial charge in [0.05, 0.1) is 19.4 Å². The summed E-state index contributed by atoms with van der Waals surface area (Å²) in [5, 5.41) is 8.11. The monoisotopic (exact) mass is 336 g/mol. The van der Waals surface area contributed by atoms with Crippen LogP contribution in [0.5, 0.6) is 5.75 Å². The number of carbonyl (C=O) groups is 1. The minimum atomic E-state index is -0.218. The van der Waals surface area contributed by atoms with E-state index in [9.17, 15) is 4.79 Å². The van der Waals surface area contributed by atoms with Gasteiger partial charge in [0.15, 0.2) is 0 Å². The lowest BCUT2D eigenvalue weighted by molar-refractivity contribution is -0.119. The van der Waals surface area contributed by atoms with Crippen LogP contribution in [0.15, 0.2) is 59.8 Å². The molecule has 0 atom stereocenters. The second-order valence-electron chi connectivity index (χ2n) is 5.39. The first-order valence-corrected chi connectivity index (χ1v) is 8.11. The summed E-state index contributed by atoms with van der Waals surface area (Å²) in [7, 11) is 0. The zero-order valence-corrected chi connectivity index (χ0v) is 14.0. The van der Waals surface area contributed by atoms with E-state index >= 15 is 0 Å². The molecule has 3 N–H and O–H groups in total. The Bertz CT molecular complexity index is 869. The highest BCUT2D eigenvalue weighted by Crippen LogP contribution is 2.16. The summed E-state index contributed by atoms with van der Waals surface area (Å²) in [4.78, 5) is 15.0. The first-order chi connectivity index (χ1) is 12.3. The SMILES string of the molecule is CCOc1ccc(NCC(=O)N/N=C/c2c[nH]c3ccccc23)cc1. The molecule has 1 amide bonds. The lowest BCUT2D eigenvalue weighted by atomic mass is 10.2. The molecule has 3 aromatic rings. The fraction of sp³-hybridized carbons (Fsp3) is 0.158. The molecule has 0 saturated carbocycles. The molecule has 0 aliphatic carbocycles. The van der Waals surface area contributed by atoms with Gasteiger partial charge >= 0.3 is 0 Å². The Morgan fingerprint density at radius 1 is 1.20 bits per heavy atom. The van der Waals surface area contributed by atoms with Crippen molar-refractivity contribution in [2.24, 2.45) is 5.10 Å². The number of amides is 1. The van der Waals surface area contributed by atoms with Crippen LogP contribution >= 0.6 is 0 Å². The Kier molecular flexibility index (Phi) is 5.31. The van der Waals surface area contributed by atoms with Gasteiger partial charge in [0.25, 0.3) is 5.91 Å². The highest BCUT2D eigenvalue weighted by Gasteiger charge is 2.02. The topological polar surface area (TPSA) is 78.5 Å². The quantitative estimate of drug-likeness (QED) is 0.458. The van der Waals surface area contributed by atoms with Gasteiger partial charge in [0.2, 0.25) is 0 Å². The molecule has 1 aromatic heterocycles. The first-order valence-electron chi connectivity index (χ1n) is 8.11. The number of hydrogen-bond acceptors (Lipinski definition) is 4. The molecule has 2 aromatic carbocycles. The van der Waals surface area contributed by atoms with Gasteiger partial charge in [0.1, 0.15) is 5.75 Å². The largest absolute Gasteiger partial charge is 0.494 e. The number of fused-ring (bicyclic) bond motifs is 1. The fourth-order valence-electron chi connectivity index (χ4n) is 2.43. The third-order valence-electron chi connectivity index (χ3n) is 3.63. The van der Waals surface area contributed by atoms with Crippen LogP contribution < -0.4 is 15.5 Å². The van der Waals surface area contributed by atoms with Crippen LogP contribution in [0.3, 0.4) is 0 Å². The predicted octanol–water partition coefficient (Wildman–Crippen LogP) is 3.13. The van der Waals surface area contributed by atoms with Gasteiger partial charge in [-0.1, -0.05) is 18.2 Å². The van der Waals surface area contributed by atoms with Crippen molar-refractivity contribution >= 4 is 28.7 Å². The van der Waals surface area contributed by atoms with E-state index in [4.69, 9.17) is 4.74 Å². The average molecular weight is 336 g/mol. The molecular weight excluding hydrogens is 316 g/mol. The maximum atomic E-state index is 11.9. The number of anilines is 1. The number of nitrogens with one attached hydrogen (secondary N) is 3. The van der Waals surface area contributed by atoms with E-state index in [1.165, 1.54) is 0 Å². The number of para-hydroxylation sites is 1. The van der Waals surface area contributed by atoms with Crippen molar-refractivity contribution in [3.8, 4) is 5.75 Å². The zero-order valence-electron chi connectivity index (χ0n) is 14.0. The summed E-state index contributed by atoms with van der Waals surface area (Å²) in [5.41, 5.74) is 5.32. The van der Waals surface area contributed by atoms with Crippen LogP contribution in [0.4, 0.5) is 5.69 Å². The van der Waals surface area contributed by atoms with E-state index in [1.54, 1.807) is 6.21 Å². The molecule has 0 bridgehead atoms. The molecular formula is C19H20N4O2. The maximum absolute atomic E-state index is 11.9. The van der Waals surface area contributed by atoms with Gasteiger partial charge in [-0.25, -0.2) is 5.43 Å². The van der Waals surface area contributed by atoms with Crippen LogP contribution in [-0.4, -0.2) is 30.3 Å². The van der Waals surface area contributed by atoms with Gasteiger partial charge in [-0.3, -0.25) is 4.79 Å². The zero-order chi connectivity index (χ0) is 17.5. The Hall–Kier alpha value is -3.28. The number of hydrogen-bond donors (Lipinski definition) is 3. The highest BCUT2D eigenvalue weighted by atomic mass is 16.5. The number of carbonyl (C=O) groups excluding carboxylic acids is 1. The maximum Gasteiger partial charge on any atom is 0.259 e. The molecule has 0 aliphatic rings. The van der Waals surface area contributed by atoms with Crippen molar-refractivity contribution in [3.63, 3.8) is 0 Å². The van der Waals surface area contributed by atoms with Crippen molar-refractivity contribution in [1.29, 1.82) is 0 Å². The lowest BCUT2D eigenvalue weighted by Crippen LogP contribution is -2.25. The van der Waals surface area contributed by atoms with Crippen LogP contribution in [0, 0.1) is 0 Å². The van der Waals surface area contributed by atoms with E-state index < -0.39 is 0 Å². The summed E-state index contributed by atoms with van der Waals surface area (Å²) in [6.45, 7) is 2.70. The molecule has 128 valence electrons. The standard InChI is InChI=1S/C19H20N4O2/c1-2-25-16-9-7-15(8-10-16)20-13-19(24)23-22-12-14-11-21-18-6-4-3-5-17(14)18/h3-12,20-21H,2,13H2,1H3,(H,23,24)/b22-12+. The molecule has 0 unspecified atom stereocenters. The fourth-order valence-corrected chi connectivity index (χ4v) is 2.43. The molecule has 0 aliphatic heterocycles. The Balaban J connectivity index is 1.49. The molecule has 6 heteroatoms. The van der Waals surface area contributed by atoms with Crippen LogP contribution in [0.2, 0.25) is 0 Å². The van der Waals surface area contributed by atoms with Gasteiger partial charge in [-0.05, 0) is 37.3 Å². The number of aromatic nitrogens is 1. The summed E-state index contributed by atoms with van der Waals surface area (Å²) in [6, 6.07) is 15.4.